The molecule has 172 valence electrons. The fourth-order valence-electron chi connectivity index (χ4n) is 4.42. The van der Waals surface area contributed by atoms with E-state index in [1.807, 2.05) is 42.7 Å². The molecule has 3 aromatic heterocycles. The lowest BCUT2D eigenvalue weighted by molar-refractivity contribution is 0.628. The van der Waals surface area contributed by atoms with Gasteiger partial charge in [-0.1, -0.05) is 30.3 Å². The maximum atomic E-state index is 13.9. The van der Waals surface area contributed by atoms with E-state index in [0.717, 1.165) is 55.6 Å². The van der Waals surface area contributed by atoms with Crippen LogP contribution in [0.2, 0.25) is 0 Å². The Morgan fingerprint density at radius 2 is 1.74 bits per heavy atom. The second-order valence-corrected chi connectivity index (χ2v) is 8.89. The SMILES string of the molecule is CC(C)Nc1cncc(-c2ccc3[nH]nc(-c4nc5c(-c6cccc(F)c6)cccc5[nH]4)c3c2)c1. The zero-order chi connectivity index (χ0) is 23.9. The van der Waals surface area contributed by atoms with Gasteiger partial charge < -0.3 is 10.3 Å². The first kappa shape index (κ1) is 21.0. The minimum atomic E-state index is -0.275. The molecule has 0 unspecified atom stereocenters. The molecule has 7 heteroatoms. The number of nitrogens with one attached hydrogen (secondary N) is 3. The van der Waals surface area contributed by atoms with Gasteiger partial charge in [0, 0.05) is 34.9 Å². The number of fused-ring (bicyclic) bond motifs is 2. The summed E-state index contributed by atoms with van der Waals surface area (Å²) in [5, 5.41) is 12.0. The van der Waals surface area contributed by atoms with Crippen LogP contribution in [0, 0.1) is 5.82 Å². The third-order valence-corrected chi connectivity index (χ3v) is 5.96. The number of aromatic nitrogens is 5. The summed E-state index contributed by atoms with van der Waals surface area (Å²) in [6, 6.07) is 21.0. The first-order valence-corrected chi connectivity index (χ1v) is 11.5. The predicted octanol–water partition coefficient (Wildman–Crippen LogP) is 6.79. The van der Waals surface area contributed by atoms with Crippen molar-refractivity contribution in [1.29, 1.82) is 0 Å². The van der Waals surface area contributed by atoms with Crippen LogP contribution < -0.4 is 5.32 Å². The smallest absolute Gasteiger partial charge is 0.159 e. The Kier molecular flexibility index (Phi) is 5.03. The van der Waals surface area contributed by atoms with E-state index in [9.17, 15) is 4.39 Å². The van der Waals surface area contributed by atoms with Gasteiger partial charge in [0.1, 0.15) is 11.5 Å². The van der Waals surface area contributed by atoms with E-state index in [1.165, 1.54) is 12.1 Å². The maximum Gasteiger partial charge on any atom is 0.159 e. The quantitative estimate of drug-likeness (QED) is 0.263. The molecule has 6 nitrogen and oxygen atoms in total. The van der Waals surface area contributed by atoms with Gasteiger partial charge >= 0.3 is 0 Å². The molecule has 0 bridgehead atoms. The molecule has 0 atom stereocenters. The summed E-state index contributed by atoms with van der Waals surface area (Å²) in [7, 11) is 0. The Hall–Kier alpha value is -4.52. The number of rotatable bonds is 5. The van der Waals surface area contributed by atoms with E-state index in [2.05, 4.69) is 57.5 Å². The molecule has 0 amide bonds. The summed E-state index contributed by atoms with van der Waals surface area (Å²) < 4.78 is 13.9. The molecule has 0 spiro atoms. The van der Waals surface area contributed by atoms with E-state index in [1.54, 1.807) is 6.07 Å². The molecule has 3 heterocycles. The first-order valence-electron chi connectivity index (χ1n) is 11.5. The van der Waals surface area contributed by atoms with Crippen molar-refractivity contribution >= 4 is 27.6 Å². The maximum absolute atomic E-state index is 13.9. The van der Waals surface area contributed by atoms with Crippen LogP contribution in [-0.2, 0) is 0 Å². The van der Waals surface area contributed by atoms with Crippen molar-refractivity contribution in [3.63, 3.8) is 0 Å². The standard InChI is InChI=1S/C28H23FN6/c1-16(2)31-21-12-19(14-30-15-21)17-9-10-24-23(13-17)27(35-34-24)28-32-25-8-4-7-22(26(25)33-28)18-5-3-6-20(29)11-18/h3-16,31H,1-2H3,(H,32,33)(H,34,35). The molecule has 6 aromatic rings. The monoisotopic (exact) mass is 462 g/mol. The van der Waals surface area contributed by atoms with E-state index >= 15 is 0 Å². The van der Waals surface area contributed by atoms with Gasteiger partial charge in [0.2, 0.25) is 0 Å². The molecular formula is C28H23FN6. The van der Waals surface area contributed by atoms with E-state index in [0.29, 0.717) is 11.9 Å². The summed E-state index contributed by atoms with van der Waals surface area (Å²) in [6.45, 7) is 4.20. The van der Waals surface area contributed by atoms with Crippen molar-refractivity contribution in [3.05, 3.63) is 84.9 Å². The number of aromatic amines is 2. The lowest BCUT2D eigenvalue weighted by atomic mass is 10.0. The van der Waals surface area contributed by atoms with Crippen LogP contribution in [-0.4, -0.2) is 31.2 Å². The highest BCUT2D eigenvalue weighted by Gasteiger charge is 2.16. The number of pyridine rings is 1. The van der Waals surface area contributed by atoms with Crippen LogP contribution in [0.3, 0.4) is 0 Å². The highest BCUT2D eigenvalue weighted by Crippen LogP contribution is 2.33. The number of halogens is 1. The van der Waals surface area contributed by atoms with E-state index < -0.39 is 0 Å². The molecule has 0 saturated heterocycles. The number of imidazole rings is 1. The molecule has 0 aliphatic carbocycles. The number of benzene rings is 3. The first-order chi connectivity index (χ1) is 17.0. The summed E-state index contributed by atoms with van der Waals surface area (Å²) >= 11 is 0. The Bertz CT molecular complexity index is 1680. The third kappa shape index (κ3) is 3.91. The van der Waals surface area contributed by atoms with Gasteiger partial charge in [-0.3, -0.25) is 10.1 Å². The van der Waals surface area contributed by atoms with Gasteiger partial charge in [-0.25, -0.2) is 9.37 Å². The number of hydrogen-bond acceptors (Lipinski definition) is 4. The van der Waals surface area contributed by atoms with Gasteiger partial charge in [0.25, 0.3) is 0 Å². The second-order valence-electron chi connectivity index (χ2n) is 8.89. The topological polar surface area (TPSA) is 82.3 Å². The summed E-state index contributed by atoms with van der Waals surface area (Å²) in [5.74, 6) is 0.379. The Morgan fingerprint density at radius 1 is 0.857 bits per heavy atom. The molecule has 0 aliphatic rings. The molecular weight excluding hydrogens is 439 g/mol. The number of anilines is 1. The second kappa shape index (κ2) is 8.36. The van der Waals surface area contributed by atoms with Gasteiger partial charge in [0.15, 0.2) is 5.82 Å². The van der Waals surface area contributed by atoms with Crippen LogP contribution in [0.4, 0.5) is 10.1 Å². The van der Waals surface area contributed by atoms with E-state index in [4.69, 9.17) is 4.98 Å². The van der Waals surface area contributed by atoms with Gasteiger partial charge in [-0.15, -0.1) is 0 Å². The molecule has 3 aromatic carbocycles. The lowest BCUT2D eigenvalue weighted by Gasteiger charge is -2.11. The number of hydrogen-bond donors (Lipinski definition) is 3. The summed E-state index contributed by atoms with van der Waals surface area (Å²) in [4.78, 5) is 12.7. The van der Waals surface area contributed by atoms with Crippen molar-refractivity contribution in [2.45, 2.75) is 19.9 Å². The van der Waals surface area contributed by atoms with Crippen molar-refractivity contribution in [1.82, 2.24) is 25.1 Å². The highest BCUT2D eigenvalue weighted by molar-refractivity contribution is 5.98. The van der Waals surface area contributed by atoms with Crippen LogP contribution in [0.1, 0.15) is 13.8 Å². The van der Waals surface area contributed by atoms with Crippen LogP contribution >= 0.6 is 0 Å². The predicted molar refractivity (Wildman–Crippen MR) is 139 cm³/mol. The number of H-pyrrole nitrogens is 2. The number of para-hydroxylation sites is 1. The molecule has 35 heavy (non-hydrogen) atoms. The Labute approximate surface area is 201 Å². The van der Waals surface area contributed by atoms with Gasteiger partial charge in [0.05, 0.1) is 22.2 Å². The molecule has 0 fully saturated rings. The average molecular weight is 463 g/mol. The fourth-order valence-corrected chi connectivity index (χ4v) is 4.42. The van der Waals surface area contributed by atoms with E-state index in [-0.39, 0.29) is 5.82 Å². The average Bonchev–Trinajstić information content (AvgIpc) is 3.47. The highest BCUT2D eigenvalue weighted by atomic mass is 19.1. The fraction of sp³-hybridized carbons (Fsp3) is 0.107. The minimum absolute atomic E-state index is 0.275. The Balaban J connectivity index is 1.45. The molecule has 0 aliphatic heterocycles. The van der Waals surface area contributed by atoms with Crippen LogP contribution in [0.5, 0.6) is 0 Å². The molecule has 0 saturated carbocycles. The minimum Gasteiger partial charge on any atom is -0.382 e. The lowest BCUT2D eigenvalue weighted by Crippen LogP contribution is -2.09. The zero-order valence-electron chi connectivity index (χ0n) is 19.3. The Morgan fingerprint density at radius 3 is 2.60 bits per heavy atom. The molecule has 0 radical (unpaired) electrons. The van der Waals surface area contributed by atoms with Crippen LogP contribution in [0.15, 0.2) is 79.1 Å². The summed E-state index contributed by atoms with van der Waals surface area (Å²) in [6.07, 6.45) is 3.69. The largest absolute Gasteiger partial charge is 0.382 e. The normalized spacial score (nSPS) is 11.5. The summed E-state index contributed by atoms with van der Waals surface area (Å²) in [5.41, 5.74) is 7.97. The van der Waals surface area contributed by atoms with Crippen molar-refractivity contribution in [3.8, 4) is 33.8 Å². The van der Waals surface area contributed by atoms with Gasteiger partial charge in [-0.05, 0) is 61.4 Å². The zero-order valence-corrected chi connectivity index (χ0v) is 19.3. The third-order valence-electron chi connectivity index (χ3n) is 5.96. The molecule has 3 N–H and O–H groups in total. The van der Waals surface area contributed by atoms with Gasteiger partial charge in [-0.2, -0.15) is 5.10 Å². The van der Waals surface area contributed by atoms with Crippen LogP contribution in [0.25, 0.3) is 55.7 Å². The number of nitrogens with zero attached hydrogens (tertiary/aromatic N) is 3. The van der Waals surface area contributed by atoms with Crippen molar-refractivity contribution in [2.24, 2.45) is 0 Å². The molecule has 6 rings (SSSR count). The van der Waals surface area contributed by atoms with Crippen molar-refractivity contribution in [2.75, 3.05) is 5.32 Å². The van der Waals surface area contributed by atoms with Crippen molar-refractivity contribution < 1.29 is 4.39 Å².